The van der Waals surface area contributed by atoms with E-state index in [0.29, 0.717) is 0 Å². The summed E-state index contributed by atoms with van der Waals surface area (Å²) in [7, 11) is 1.73. The molecule has 0 aromatic rings. The van der Waals surface area contributed by atoms with Gasteiger partial charge in [0.15, 0.2) is 0 Å². The van der Waals surface area contributed by atoms with E-state index in [-0.39, 0.29) is 12.2 Å². The van der Waals surface area contributed by atoms with Crippen molar-refractivity contribution < 1.29 is 9.47 Å². The van der Waals surface area contributed by atoms with Crippen molar-refractivity contribution in [1.82, 2.24) is 5.32 Å². The number of hydrogen-bond donors (Lipinski definition) is 1. The maximum absolute atomic E-state index is 5.42. The van der Waals surface area contributed by atoms with E-state index >= 15 is 0 Å². The van der Waals surface area contributed by atoms with Gasteiger partial charge in [0, 0.05) is 26.8 Å². The van der Waals surface area contributed by atoms with E-state index in [1.54, 1.807) is 7.11 Å². The number of methoxy groups -OCH3 is 1. The van der Waals surface area contributed by atoms with Crippen molar-refractivity contribution in [2.45, 2.75) is 19.1 Å². The Kier molecular flexibility index (Phi) is 3.12. The van der Waals surface area contributed by atoms with E-state index in [1.807, 2.05) is 6.92 Å². The van der Waals surface area contributed by atoms with E-state index in [9.17, 15) is 0 Å². The third-order valence-electron chi connectivity index (χ3n) is 1.79. The highest BCUT2D eigenvalue weighted by Gasteiger charge is 2.26. The first-order valence-electron chi connectivity index (χ1n) is 3.73. The molecule has 2 atom stereocenters. The molecule has 0 radical (unpaired) electrons. The topological polar surface area (TPSA) is 30.5 Å². The molecule has 0 aromatic heterocycles. The minimum atomic E-state index is 0.250. The van der Waals surface area contributed by atoms with Gasteiger partial charge in [-0.1, -0.05) is 0 Å². The van der Waals surface area contributed by atoms with Crippen LogP contribution in [0.25, 0.3) is 0 Å². The van der Waals surface area contributed by atoms with Gasteiger partial charge in [-0.25, -0.2) is 0 Å². The molecule has 1 aliphatic rings. The Hall–Kier alpha value is -0.120. The van der Waals surface area contributed by atoms with Crippen LogP contribution in [-0.4, -0.2) is 39.0 Å². The lowest BCUT2D eigenvalue weighted by Crippen LogP contribution is -2.28. The zero-order chi connectivity index (χ0) is 7.40. The molecule has 60 valence electrons. The van der Waals surface area contributed by atoms with Gasteiger partial charge in [-0.15, -0.1) is 0 Å². The molecule has 1 saturated heterocycles. The van der Waals surface area contributed by atoms with Crippen LogP contribution in [0, 0.1) is 0 Å². The Morgan fingerprint density at radius 1 is 1.40 bits per heavy atom. The van der Waals surface area contributed by atoms with Gasteiger partial charge in [0.2, 0.25) is 0 Å². The van der Waals surface area contributed by atoms with Crippen molar-refractivity contribution in [1.29, 1.82) is 0 Å². The SMILES string of the molecule is CCO[C@@H]1CNC[C@@H]1OC. The summed E-state index contributed by atoms with van der Waals surface area (Å²) in [4.78, 5) is 0. The van der Waals surface area contributed by atoms with Crippen LogP contribution in [0.4, 0.5) is 0 Å². The second-order valence-electron chi connectivity index (χ2n) is 2.43. The molecule has 1 fully saturated rings. The van der Waals surface area contributed by atoms with E-state index in [4.69, 9.17) is 9.47 Å². The lowest BCUT2D eigenvalue weighted by Gasteiger charge is -2.16. The van der Waals surface area contributed by atoms with E-state index in [0.717, 1.165) is 19.7 Å². The number of hydrogen-bond acceptors (Lipinski definition) is 3. The molecule has 1 N–H and O–H groups in total. The highest BCUT2D eigenvalue weighted by molar-refractivity contribution is 4.82. The molecule has 3 nitrogen and oxygen atoms in total. The third kappa shape index (κ3) is 1.68. The molecule has 0 spiro atoms. The van der Waals surface area contributed by atoms with Crippen LogP contribution in [0.15, 0.2) is 0 Å². The normalized spacial score (nSPS) is 33.0. The standard InChI is InChI=1S/C7H15NO2/c1-3-10-7-5-8-4-6(7)9-2/h6-8H,3-5H2,1-2H3/t6-,7+/m0/s1. The Bertz CT molecular complexity index is 97.6. The summed E-state index contributed by atoms with van der Waals surface area (Å²) in [6.07, 6.45) is 0.509. The van der Waals surface area contributed by atoms with E-state index in [2.05, 4.69) is 5.32 Å². The molecule has 0 aromatic carbocycles. The highest BCUT2D eigenvalue weighted by atomic mass is 16.5. The van der Waals surface area contributed by atoms with Crippen molar-refractivity contribution >= 4 is 0 Å². The average Bonchev–Trinajstić information content (AvgIpc) is 2.36. The molecule has 3 heteroatoms. The van der Waals surface area contributed by atoms with Crippen molar-refractivity contribution in [3.05, 3.63) is 0 Å². The van der Waals surface area contributed by atoms with Crippen LogP contribution in [0.3, 0.4) is 0 Å². The van der Waals surface area contributed by atoms with Gasteiger partial charge in [0.25, 0.3) is 0 Å². The van der Waals surface area contributed by atoms with Gasteiger partial charge in [-0.2, -0.15) is 0 Å². The van der Waals surface area contributed by atoms with E-state index in [1.165, 1.54) is 0 Å². The van der Waals surface area contributed by atoms with Gasteiger partial charge >= 0.3 is 0 Å². The summed E-state index contributed by atoms with van der Waals surface area (Å²) in [5, 5.41) is 3.21. The summed E-state index contributed by atoms with van der Waals surface area (Å²) in [5.41, 5.74) is 0. The van der Waals surface area contributed by atoms with Gasteiger partial charge in [-0.05, 0) is 6.92 Å². The fourth-order valence-corrected chi connectivity index (χ4v) is 1.25. The van der Waals surface area contributed by atoms with Crippen molar-refractivity contribution in [3.63, 3.8) is 0 Å². The molecular formula is C7H15NO2. The van der Waals surface area contributed by atoms with Gasteiger partial charge in [-0.3, -0.25) is 0 Å². The predicted molar refractivity (Wildman–Crippen MR) is 39.1 cm³/mol. The summed E-state index contributed by atoms with van der Waals surface area (Å²) in [6, 6.07) is 0. The van der Waals surface area contributed by atoms with Crippen molar-refractivity contribution in [2.75, 3.05) is 26.8 Å². The quantitative estimate of drug-likeness (QED) is 0.607. The monoisotopic (exact) mass is 145 g/mol. The number of ether oxygens (including phenoxy) is 2. The predicted octanol–water partition coefficient (Wildman–Crippen LogP) is 0.00970. The summed E-state index contributed by atoms with van der Waals surface area (Å²) in [6.45, 7) is 4.62. The molecule has 10 heavy (non-hydrogen) atoms. The lowest BCUT2D eigenvalue weighted by atomic mass is 10.2. The molecule has 0 aliphatic carbocycles. The molecule has 0 saturated carbocycles. The number of nitrogens with one attached hydrogen (secondary N) is 1. The molecule has 1 heterocycles. The summed E-state index contributed by atoms with van der Waals surface area (Å²) >= 11 is 0. The van der Waals surface area contributed by atoms with Gasteiger partial charge < -0.3 is 14.8 Å². The largest absolute Gasteiger partial charge is 0.377 e. The van der Waals surface area contributed by atoms with Crippen molar-refractivity contribution in [3.8, 4) is 0 Å². The van der Waals surface area contributed by atoms with Crippen LogP contribution < -0.4 is 5.32 Å². The number of rotatable bonds is 3. The Morgan fingerprint density at radius 2 is 2.10 bits per heavy atom. The minimum Gasteiger partial charge on any atom is -0.377 e. The van der Waals surface area contributed by atoms with Crippen LogP contribution in [0.5, 0.6) is 0 Å². The molecule has 1 rings (SSSR count). The maximum atomic E-state index is 5.42. The fraction of sp³-hybridized carbons (Fsp3) is 1.00. The molecular weight excluding hydrogens is 130 g/mol. The van der Waals surface area contributed by atoms with Crippen LogP contribution in [0.2, 0.25) is 0 Å². The van der Waals surface area contributed by atoms with Gasteiger partial charge in [0.1, 0.15) is 0 Å². The molecule has 0 amide bonds. The lowest BCUT2D eigenvalue weighted by molar-refractivity contribution is -0.0232. The average molecular weight is 145 g/mol. The smallest absolute Gasteiger partial charge is 0.0972 e. The first kappa shape index (κ1) is 7.98. The summed E-state index contributed by atoms with van der Waals surface area (Å²) < 4.78 is 10.6. The highest BCUT2D eigenvalue weighted by Crippen LogP contribution is 2.07. The van der Waals surface area contributed by atoms with E-state index < -0.39 is 0 Å². The molecule has 0 unspecified atom stereocenters. The first-order valence-corrected chi connectivity index (χ1v) is 3.73. The zero-order valence-corrected chi connectivity index (χ0v) is 6.59. The summed E-state index contributed by atoms with van der Waals surface area (Å²) in [5.74, 6) is 0. The minimum absolute atomic E-state index is 0.250. The fourth-order valence-electron chi connectivity index (χ4n) is 1.25. The second kappa shape index (κ2) is 3.91. The Balaban J connectivity index is 2.27. The Labute approximate surface area is 61.7 Å². The zero-order valence-electron chi connectivity index (χ0n) is 6.59. The van der Waals surface area contributed by atoms with Gasteiger partial charge in [0.05, 0.1) is 12.2 Å². The first-order chi connectivity index (χ1) is 4.88. The second-order valence-corrected chi connectivity index (χ2v) is 2.43. The third-order valence-corrected chi connectivity index (χ3v) is 1.79. The Morgan fingerprint density at radius 3 is 2.70 bits per heavy atom. The maximum Gasteiger partial charge on any atom is 0.0972 e. The van der Waals surface area contributed by atoms with Crippen LogP contribution >= 0.6 is 0 Å². The van der Waals surface area contributed by atoms with Crippen molar-refractivity contribution in [2.24, 2.45) is 0 Å². The van der Waals surface area contributed by atoms with Crippen LogP contribution in [0.1, 0.15) is 6.92 Å². The van der Waals surface area contributed by atoms with Crippen LogP contribution in [-0.2, 0) is 9.47 Å². The molecule has 1 aliphatic heterocycles. The molecule has 0 bridgehead atoms.